The average molecular weight is 425 g/mol. The normalized spacial score (nSPS) is 11.4. The van der Waals surface area contributed by atoms with E-state index in [1.54, 1.807) is 13.8 Å². The SMILES string of the molecule is C/C(=N/N=C(N)N)c1cccc(NC(=S)Nc2cccc(/C(C)=N\N=C(N)N)c2)c1. The molecule has 0 aliphatic rings. The van der Waals surface area contributed by atoms with Crippen molar-refractivity contribution < 1.29 is 0 Å². The minimum Gasteiger partial charge on any atom is -0.369 e. The summed E-state index contributed by atoms with van der Waals surface area (Å²) >= 11 is 5.41. The van der Waals surface area contributed by atoms with E-state index in [1.165, 1.54) is 0 Å². The third-order valence-electron chi connectivity index (χ3n) is 3.71. The fourth-order valence-corrected chi connectivity index (χ4v) is 2.55. The summed E-state index contributed by atoms with van der Waals surface area (Å²) in [5.41, 5.74) is 25.8. The van der Waals surface area contributed by atoms with E-state index in [0.717, 1.165) is 22.5 Å². The maximum absolute atomic E-state index is 5.41. The van der Waals surface area contributed by atoms with Crippen molar-refractivity contribution in [3.8, 4) is 0 Å². The van der Waals surface area contributed by atoms with Gasteiger partial charge < -0.3 is 33.6 Å². The van der Waals surface area contributed by atoms with Crippen LogP contribution in [0.3, 0.4) is 0 Å². The number of nitrogens with two attached hydrogens (primary N) is 4. The van der Waals surface area contributed by atoms with Crippen LogP contribution in [0.15, 0.2) is 68.9 Å². The van der Waals surface area contributed by atoms with Crippen molar-refractivity contribution in [3.63, 3.8) is 0 Å². The Bertz CT molecular complexity index is 950. The molecule has 0 bridgehead atoms. The summed E-state index contributed by atoms with van der Waals surface area (Å²) in [6.45, 7) is 3.61. The van der Waals surface area contributed by atoms with Crippen molar-refractivity contribution in [2.24, 2.45) is 43.3 Å². The first kappa shape index (κ1) is 22.3. The lowest BCUT2D eigenvalue weighted by atomic mass is 10.1. The first-order valence-corrected chi connectivity index (χ1v) is 9.20. The Morgan fingerprint density at radius 2 is 1.10 bits per heavy atom. The monoisotopic (exact) mass is 424 g/mol. The van der Waals surface area contributed by atoms with E-state index in [4.69, 9.17) is 35.2 Å². The molecule has 0 saturated carbocycles. The maximum Gasteiger partial charge on any atom is 0.211 e. The van der Waals surface area contributed by atoms with Crippen LogP contribution >= 0.6 is 12.2 Å². The number of thiocarbonyl (C=S) groups is 1. The second-order valence-corrected chi connectivity index (χ2v) is 6.57. The van der Waals surface area contributed by atoms with E-state index in [-0.39, 0.29) is 11.9 Å². The van der Waals surface area contributed by atoms with Gasteiger partial charge in [0.25, 0.3) is 0 Å². The van der Waals surface area contributed by atoms with E-state index >= 15 is 0 Å². The standard InChI is InChI=1S/C19H24N10S/c1-11(26-28-17(20)21)13-5-3-7-15(9-13)24-19(30)25-16-8-4-6-14(10-16)12(2)27-29-18(22)23/h3-10H,1-2H3,(H4,20,21,28)(H4,22,23,29)(H2,24,25,30)/b26-11-,27-12-. The van der Waals surface area contributed by atoms with Crippen LogP contribution in [0.5, 0.6) is 0 Å². The highest BCUT2D eigenvalue weighted by molar-refractivity contribution is 7.80. The summed E-state index contributed by atoms with van der Waals surface area (Å²) in [5, 5.41) is 22.0. The second-order valence-electron chi connectivity index (χ2n) is 6.16. The summed E-state index contributed by atoms with van der Waals surface area (Å²) in [7, 11) is 0. The minimum absolute atomic E-state index is 0.102. The molecule has 10 nitrogen and oxygen atoms in total. The molecule has 156 valence electrons. The number of rotatable bonds is 6. The molecule has 0 radical (unpaired) electrons. The van der Waals surface area contributed by atoms with Crippen LogP contribution in [0.4, 0.5) is 11.4 Å². The van der Waals surface area contributed by atoms with Crippen LogP contribution in [-0.4, -0.2) is 28.5 Å². The molecule has 0 amide bonds. The van der Waals surface area contributed by atoms with Crippen molar-refractivity contribution in [2.75, 3.05) is 10.6 Å². The van der Waals surface area contributed by atoms with E-state index in [1.807, 2.05) is 48.5 Å². The molecular weight excluding hydrogens is 400 g/mol. The van der Waals surface area contributed by atoms with Crippen molar-refractivity contribution in [3.05, 3.63) is 59.7 Å². The van der Waals surface area contributed by atoms with Gasteiger partial charge in [-0.05, 0) is 61.5 Å². The fraction of sp³-hybridized carbons (Fsp3) is 0.105. The summed E-state index contributed by atoms with van der Waals surface area (Å²) in [4.78, 5) is 0. The molecule has 0 atom stereocenters. The predicted octanol–water partition coefficient (Wildman–Crippen LogP) is 1.49. The van der Waals surface area contributed by atoms with Crippen LogP contribution in [0.2, 0.25) is 0 Å². The van der Waals surface area contributed by atoms with Crippen molar-refractivity contribution in [1.82, 2.24) is 0 Å². The van der Waals surface area contributed by atoms with Gasteiger partial charge in [-0.25, -0.2) is 0 Å². The molecule has 0 aliphatic heterocycles. The smallest absolute Gasteiger partial charge is 0.211 e. The quantitative estimate of drug-likeness (QED) is 0.176. The lowest BCUT2D eigenvalue weighted by Crippen LogP contribution is -2.22. The lowest BCUT2D eigenvalue weighted by Gasteiger charge is -2.12. The Morgan fingerprint density at radius 1 is 0.700 bits per heavy atom. The molecule has 0 aromatic heterocycles. The van der Waals surface area contributed by atoms with Crippen molar-refractivity contribution in [2.45, 2.75) is 13.8 Å². The molecule has 0 heterocycles. The van der Waals surface area contributed by atoms with E-state index in [9.17, 15) is 0 Å². The zero-order chi connectivity index (χ0) is 22.1. The lowest BCUT2D eigenvalue weighted by molar-refractivity contribution is 1.20. The fourth-order valence-electron chi connectivity index (χ4n) is 2.32. The van der Waals surface area contributed by atoms with Crippen LogP contribution in [-0.2, 0) is 0 Å². The van der Waals surface area contributed by atoms with Crippen LogP contribution in [0, 0.1) is 0 Å². The number of benzene rings is 2. The van der Waals surface area contributed by atoms with Gasteiger partial charge in [0, 0.05) is 11.4 Å². The number of nitrogens with one attached hydrogen (secondary N) is 2. The number of hydrogen-bond donors (Lipinski definition) is 6. The van der Waals surface area contributed by atoms with Gasteiger partial charge in [0.05, 0.1) is 11.4 Å². The Morgan fingerprint density at radius 3 is 1.47 bits per heavy atom. The Hall–Kier alpha value is -3.99. The molecule has 0 aliphatic carbocycles. The molecule has 10 N–H and O–H groups in total. The topological polar surface area (TPSA) is 178 Å². The minimum atomic E-state index is -0.102. The largest absolute Gasteiger partial charge is 0.369 e. The Balaban J connectivity index is 2.10. The molecule has 2 aromatic carbocycles. The summed E-state index contributed by atoms with van der Waals surface area (Å²) < 4.78 is 0. The van der Waals surface area contributed by atoms with Crippen molar-refractivity contribution >= 4 is 52.0 Å². The Kier molecular flexibility index (Phi) is 7.82. The Labute approximate surface area is 179 Å². The zero-order valence-electron chi connectivity index (χ0n) is 16.6. The average Bonchev–Trinajstić information content (AvgIpc) is 2.70. The molecule has 0 unspecified atom stereocenters. The van der Waals surface area contributed by atoms with E-state index in [0.29, 0.717) is 16.5 Å². The van der Waals surface area contributed by atoms with Gasteiger partial charge in [0.1, 0.15) is 0 Å². The van der Waals surface area contributed by atoms with Crippen LogP contribution in [0.25, 0.3) is 0 Å². The molecule has 0 fully saturated rings. The first-order valence-electron chi connectivity index (χ1n) is 8.80. The first-order chi connectivity index (χ1) is 14.2. The molecular formula is C19H24N10S. The van der Waals surface area contributed by atoms with Gasteiger partial charge in [-0.15, -0.1) is 10.2 Å². The molecule has 2 rings (SSSR count). The van der Waals surface area contributed by atoms with Crippen LogP contribution < -0.4 is 33.6 Å². The van der Waals surface area contributed by atoms with Gasteiger partial charge in [-0.2, -0.15) is 10.2 Å². The van der Waals surface area contributed by atoms with E-state index < -0.39 is 0 Å². The molecule has 11 heteroatoms. The molecule has 30 heavy (non-hydrogen) atoms. The van der Waals surface area contributed by atoms with Gasteiger partial charge in [-0.3, -0.25) is 0 Å². The number of nitrogens with zero attached hydrogens (tertiary/aromatic N) is 4. The van der Waals surface area contributed by atoms with E-state index in [2.05, 4.69) is 31.0 Å². The molecule has 2 aromatic rings. The molecule has 0 saturated heterocycles. The maximum atomic E-state index is 5.41. The second kappa shape index (κ2) is 10.5. The van der Waals surface area contributed by atoms with Gasteiger partial charge >= 0.3 is 0 Å². The molecule has 0 spiro atoms. The van der Waals surface area contributed by atoms with Crippen LogP contribution in [0.1, 0.15) is 25.0 Å². The number of guanidine groups is 2. The number of anilines is 2. The highest BCUT2D eigenvalue weighted by Crippen LogP contribution is 2.15. The highest BCUT2D eigenvalue weighted by Gasteiger charge is 2.04. The van der Waals surface area contributed by atoms with Gasteiger partial charge in [0.15, 0.2) is 5.11 Å². The third kappa shape index (κ3) is 7.20. The zero-order valence-corrected chi connectivity index (χ0v) is 17.4. The van der Waals surface area contributed by atoms with Gasteiger partial charge in [-0.1, -0.05) is 24.3 Å². The summed E-state index contributed by atoms with van der Waals surface area (Å²) in [6, 6.07) is 15.1. The highest BCUT2D eigenvalue weighted by atomic mass is 32.1. The van der Waals surface area contributed by atoms with Gasteiger partial charge in [0.2, 0.25) is 11.9 Å². The van der Waals surface area contributed by atoms with Crippen molar-refractivity contribution in [1.29, 1.82) is 0 Å². The third-order valence-corrected chi connectivity index (χ3v) is 3.91. The number of hydrogen-bond acceptors (Lipinski definition) is 5. The summed E-state index contributed by atoms with van der Waals surface area (Å²) in [6.07, 6.45) is 0. The predicted molar refractivity (Wildman–Crippen MR) is 129 cm³/mol. The summed E-state index contributed by atoms with van der Waals surface area (Å²) in [5.74, 6) is -0.204.